The van der Waals surface area contributed by atoms with Crippen molar-refractivity contribution < 1.29 is 68.7 Å². The van der Waals surface area contributed by atoms with E-state index >= 15 is 0 Å². The van der Waals surface area contributed by atoms with Gasteiger partial charge in [-0.3, -0.25) is 38.4 Å². The van der Waals surface area contributed by atoms with Crippen LogP contribution in [-0.4, -0.2) is 164 Å². The second-order valence-corrected chi connectivity index (χ2v) is 15.6. The smallest absolute Gasteiger partial charge is 0.326 e. The summed E-state index contributed by atoms with van der Waals surface area (Å²) in [6.07, 6.45) is 0.200. The lowest BCUT2D eigenvalue weighted by Gasteiger charge is -2.29. The maximum atomic E-state index is 13.8. The number of carbonyl (C=O) groups excluding carboxylic acids is 7. The number of hydrogen-bond donors (Lipinski definition) is 14. The second kappa shape index (κ2) is 27.3. The average Bonchev–Trinajstić information content (AvgIpc) is 3.74. The molecule has 0 bridgehead atoms. The molecule has 1 fully saturated rings. The number of aliphatic carboxylic acids is 2. The highest BCUT2D eigenvalue weighted by Gasteiger charge is 2.40. The van der Waals surface area contributed by atoms with Crippen LogP contribution in [0.5, 0.6) is 5.75 Å². The first-order chi connectivity index (χ1) is 30.2. The zero-order valence-corrected chi connectivity index (χ0v) is 36.0. The van der Waals surface area contributed by atoms with Gasteiger partial charge in [-0.2, -0.15) is 0 Å². The highest BCUT2D eigenvalue weighted by Crippen LogP contribution is 2.20. The molecule has 17 N–H and O–H groups in total. The SMILES string of the molecule is C[C@H](NC(=O)[C@H](CCCCN)NC(=O)[C@@H](N)CCCCN)C(=O)N[C@H](C(=O)N[C@@H](CO)C(=O)N[C@@H](Cc1ccc(O)cc1)C(=O)N[C@@H](CC(=O)O)C(=O)N1CCC[C@H]1C(=O)O)[C@@H](C)O. The van der Waals surface area contributed by atoms with Crippen LogP contribution in [0.25, 0.3) is 0 Å². The second-order valence-electron chi connectivity index (χ2n) is 15.6. The lowest BCUT2D eigenvalue weighted by molar-refractivity contribution is -0.150. The number of nitrogens with zero attached hydrogens (tertiary/aromatic N) is 1. The van der Waals surface area contributed by atoms with Crippen LogP contribution in [0.3, 0.4) is 0 Å². The van der Waals surface area contributed by atoms with Gasteiger partial charge in [0.2, 0.25) is 41.4 Å². The molecule has 0 unspecified atom stereocenters. The summed E-state index contributed by atoms with van der Waals surface area (Å²) in [5, 5.41) is 63.7. The van der Waals surface area contributed by atoms with E-state index in [1.807, 2.05) is 0 Å². The Morgan fingerprint density at radius 1 is 0.703 bits per heavy atom. The van der Waals surface area contributed by atoms with E-state index in [0.29, 0.717) is 57.2 Å². The lowest BCUT2D eigenvalue weighted by atomic mass is 10.0. The summed E-state index contributed by atoms with van der Waals surface area (Å²) < 4.78 is 0. The van der Waals surface area contributed by atoms with Gasteiger partial charge in [0.25, 0.3) is 0 Å². The Balaban J connectivity index is 2.23. The summed E-state index contributed by atoms with van der Waals surface area (Å²) in [6.45, 7) is 2.05. The highest BCUT2D eigenvalue weighted by atomic mass is 16.4. The Morgan fingerprint density at radius 3 is 1.81 bits per heavy atom. The number of aliphatic hydroxyl groups excluding tert-OH is 2. The van der Waals surface area contributed by atoms with Crippen molar-refractivity contribution in [2.45, 2.75) is 132 Å². The zero-order chi connectivity index (χ0) is 48.1. The molecular weight excluding hydrogens is 844 g/mol. The number of nitrogens with one attached hydrogen (secondary N) is 6. The predicted molar refractivity (Wildman–Crippen MR) is 226 cm³/mol. The topological polar surface area (TPSA) is 408 Å². The number of likely N-dealkylation sites (tertiary alicyclic amines) is 1. The molecule has 9 atom stereocenters. The van der Waals surface area contributed by atoms with E-state index in [1.165, 1.54) is 31.2 Å². The fraction of sp³-hybridized carbons (Fsp3) is 0.625. The number of carboxylic acids is 2. The third-order valence-corrected chi connectivity index (χ3v) is 10.3. The van der Waals surface area contributed by atoms with Crippen molar-refractivity contribution in [3.05, 3.63) is 29.8 Å². The van der Waals surface area contributed by atoms with Crippen LogP contribution in [0.1, 0.15) is 77.2 Å². The third-order valence-electron chi connectivity index (χ3n) is 10.3. The predicted octanol–water partition coefficient (Wildman–Crippen LogP) is -4.63. The van der Waals surface area contributed by atoms with Crippen LogP contribution in [0.4, 0.5) is 0 Å². The molecule has 1 heterocycles. The van der Waals surface area contributed by atoms with Crippen molar-refractivity contribution in [1.29, 1.82) is 0 Å². The van der Waals surface area contributed by atoms with E-state index in [-0.39, 0.29) is 31.6 Å². The van der Waals surface area contributed by atoms with Gasteiger partial charge >= 0.3 is 11.9 Å². The number of rotatable bonds is 28. The summed E-state index contributed by atoms with van der Waals surface area (Å²) in [5.41, 5.74) is 17.4. The average molecular weight is 909 g/mol. The number of phenols is 1. The number of aromatic hydroxyl groups is 1. The summed E-state index contributed by atoms with van der Waals surface area (Å²) in [6, 6.07) is -6.30. The molecule has 1 aromatic carbocycles. The van der Waals surface area contributed by atoms with Gasteiger partial charge in [-0.25, -0.2) is 4.79 Å². The minimum atomic E-state index is -1.84. The van der Waals surface area contributed by atoms with E-state index < -0.39 is 121 Å². The van der Waals surface area contributed by atoms with Gasteiger partial charge in [0.1, 0.15) is 48.0 Å². The van der Waals surface area contributed by atoms with Gasteiger partial charge in [-0.1, -0.05) is 18.6 Å². The summed E-state index contributed by atoms with van der Waals surface area (Å²) in [5.74, 6) is -9.73. The summed E-state index contributed by atoms with van der Waals surface area (Å²) in [7, 11) is 0. The number of benzene rings is 1. The standard InChI is InChI=1S/C40H64N10O14/c1-21(44-35(58)26(9-4-6-16-42)45-34(57)25(43)8-3-5-15-41)33(56)49-32(22(2)52)38(61)48-29(20-51)37(60)46-27(18-23-11-13-24(53)14-12-23)36(59)47-28(19-31(54)55)39(62)50-17-7-10-30(50)40(63)64/h11-14,21-22,25-30,32,51-53H,3-10,15-20,41-43H2,1-2H3,(H,44,58)(H,45,57)(H,46,60)(H,47,59)(H,48,61)(H,49,56)(H,54,55)(H,63,64)/t21-,22+,25-,26-,27-,28-,29-,30-,32-/m0/s1. The normalized spacial score (nSPS) is 17.2. The van der Waals surface area contributed by atoms with E-state index in [0.717, 1.165) is 11.8 Å². The van der Waals surface area contributed by atoms with Crippen molar-refractivity contribution >= 4 is 53.3 Å². The van der Waals surface area contributed by atoms with Gasteiger partial charge in [0.15, 0.2) is 0 Å². The number of aliphatic hydroxyl groups is 2. The van der Waals surface area contributed by atoms with Gasteiger partial charge < -0.3 is 79.5 Å². The van der Waals surface area contributed by atoms with E-state index in [4.69, 9.17) is 17.2 Å². The number of unbranched alkanes of at least 4 members (excludes halogenated alkanes) is 2. The summed E-state index contributed by atoms with van der Waals surface area (Å²) >= 11 is 0. The molecule has 0 saturated carbocycles. The van der Waals surface area contributed by atoms with Crippen LogP contribution >= 0.6 is 0 Å². The van der Waals surface area contributed by atoms with Crippen molar-refractivity contribution in [2.75, 3.05) is 26.2 Å². The Morgan fingerprint density at radius 2 is 1.25 bits per heavy atom. The Labute approximate surface area is 369 Å². The first-order valence-electron chi connectivity index (χ1n) is 21.0. The van der Waals surface area contributed by atoms with Crippen molar-refractivity contribution in [2.24, 2.45) is 17.2 Å². The van der Waals surface area contributed by atoms with Crippen LogP contribution in [-0.2, 0) is 49.6 Å². The fourth-order valence-electron chi connectivity index (χ4n) is 6.68. The van der Waals surface area contributed by atoms with Crippen molar-refractivity contribution in [3.63, 3.8) is 0 Å². The molecule has 0 radical (unpaired) electrons. The molecule has 1 aliphatic rings. The van der Waals surface area contributed by atoms with Crippen LogP contribution < -0.4 is 49.1 Å². The van der Waals surface area contributed by atoms with Crippen LogP contribution in [0.15, 0.2) is 24.3 Å². The number of carbonyl (C=O) groups is 9. The Hall–Kier alpha value is -5.95. The molecular formula is C40H64N10O14. The molecule has 24 heteroatoms. The maximum absolute atomic E-state index is 13.8. The van der Waals surface area contributed by atoms with Crippen molar-refractivity contribution in [1.82, 2.24) is 36.8 Å². The molecule has 24 nitrogen and oxygen atoms in total. The quantitative estimate of drug-likeness (QED) is 0.0352. The third kappa shape index (κ3) is 17.7. The van der Waals surface area contributed by atoms with Gasteiger partial charge in [-0.05, 0) is 89.6 Å². The molecule has 1 saturated heterocycles. The number of nitrogens with two attached hydrogens (primary N) is 3. The minimum absolute atomic E-state index is 0.0172. The maximum Gasteiger partial charge on any atom is 0.326 e. The van der Waals surface area contributed by atoms with Gasteiger partial charge in [-0.15, -0.1) is 0 Å². The molecule has 2 rings (SSSR count). The van der Waals surface area contributed by atoms with Crippen LogP contribution in [0, 0.1) is 0 Å². The molecule has 0 aliphatic carbocycles. The monoisotopic (exact) mass is 908 g/mol. The van der Waals surface area contributed by atoms with Gasteiger partial charge in [0.05, 0.1) is 25.2 Å². The van der Waals surface area contributed by atoms with E-state index in [9.17, 15) is 68.7 Å². The van der Waals surface area contributed by atoms with Crippen LogP contribution in [0.2, 0.25) is 0 Å². The first-order valence-corrected chi connectivity index (χ1v) is 21.0. The Kier molecular flexibility index (Phi) is 23.1. The van der Waals surface area contributed by atoms with Crippen molar-refractivity contribution in [3.8, 4) is 5.75 Å². The molecule has 0 spiro atoms. The number of carboxylic acid groups (broad SMARTS) is 2. The Bertz CT molecular complexity index is 1770. The highest BCUT2D eigenvalue weighted by molar-refractivity contribution is 5.98. The van der Waals surface area contributed by atoms with E-state index in [2.05, 4.69) is 31.9 Å². The van der Waals surface area contributed by atoms with Gasteiger partial charge in [0, 0.05) is 13.0 Å². The fourth-order valence-corrected chi connectivity index (χ4v) is 6.68. The largest absolute Gasteiger partial charge is 0.508 e. The molecule has 7 amide bonds. The lowest BCUT2D eigenvalue weighted by Crippen LogP contribution is -2.62. The first kappa shape index (κ1) is 54.2. The molecule has 0 aromatic heterocycles. The zero-order valence-electron chi connectivity index (χ0n) is 36.0. The number of amides is 7. The number of phenolic OH excluding ortho intramolecular Hbond substituents is 1. The summed E-state index contributed by atoms with van der Waals surface area (Å²) in [4.78, 5) is 118. The minimum Gasteiger partial charge on any atom is -0.508 e. The molecule has 358 valence electrons. The molecule has 64 heavy (non-hydrogen) atoms. The van der Waals surface area contributed by atoms with E-state index in [1.54, 1.807) is 0 Å². The molecule has 1 aliphatic heterocycles. The number of hydrogen-bond acceptors (Lipinski definition) is 15. The molecule has 1 aromatic rings.